The molecule has 0 radical (unpaired) electrons. The van der Waals surface area contributed by atoms with E-state index in [0.29, 0.717) is 24.9 Å². The van der Waals surface area contributed by atoms with Crippen molar-refractivity contribution in [3.05, 3.63) is 5.56 Å². The Labute approximate surface area is 105 Å². The third-order valence-electron chi connectivity index (χ3n) is 2.94. The molecule has 0 spiro atoms. The van der Waals surface area contributed by atoms with Crippen LogP contribution in [-0.4, -0.2) is 42.9 Å². The second-order valence-electron chi connectivity index (χ2n) is 4.26. The van der Waals surface area contributed by atoms with Crippen molar-refractivity contribution in [3.63, 3.8) is 0 Å². The SMILES string of the molecule is COCCN(CCO)c1snc(N)c1C1CC1. The molecule has 1 fully saturated rings. The summed E-state index contributed by atoms with van der Waals surface area (Å²) in [6.07, 6.45) is 2.40. The third kappa shape index (κ3) is 2.88. The van der Waals surface area contributed by atoms with Gasteiger partial charge in [-0.15, -0.1) is 0 Å². The first-order valence-corrected chi connectivity index (χ1v) is 6.65. The van der Waals surface area contributed by atoms with Crippen molar-refractivity contribution in [2.75, 3.05) is 44.0 Å². The second kappa shape index (κ2) is 5.66. The van der Waals surface area contributed by atoms with Gasteiger partial charge >= 0.3 is 0 Å². The lowest BCUT2D eigenvalue weighted by atomic mass is 10.2. The molecule has 1 aliphatic rings. The lowest BCUT2D eigenvalue weighted by Crippen LogP contribution is -2.30. The predicted molar refractivity (Wildman–Crippen MR) is 69.7 cm³/mol. The molecule has 6 heteroatoms. The molecule has 3 N–H and O–H groups in total. The monoisotopic (exact) mass is 257 g/mol. The Bertz CT molecular complexity index is 366. The summed E-state index contributed by atoms with van der Waals surface area (Å²) < 4.78 is 9.34. The molecule has 0 unspecified atom stereocenters. The van der Waals surface area contributed by atoms with Crippen LogP contribution in [0.15, 0.2) is 0 Å². The zero-order valence-electron chi connectivity index (χ0n) is 10.1. The summed E-state index contributed by atoms with van der Waals surface area (Å²) in [6.45, 7) is 2.14. The first kappa shape index (κ1) is 12.6. The van der Waals surface area contributed by atoms with Crippen LogP contribution in [0, 0.1) is 0 Å². The van der Waals surface area contributed by atoms with Crippen LogP contribution in [0.2, 0.25) is 0 Å². The van der Waals surface area contributed by atoms with Crippen LogP contribution >= 0.6 is 11.5 Å². The molecular weight excluding hydrogens is 238 g/mol. The van der Waals surface area contributed by atoms with Gasteiger partial charge in [-0.1, -0.05) is 0 Å². The third-order valence-corrected chi connectivity index (χ3v) is 3.88. The van der Waals surface area contributed by atoms with E-state index in [1.54, 1.807) is 7.11 Å². The quantitative estimate of drug-likeness (QED) is 0.764. The Morgan fingerprint density at radius 1 is 1.53 bits per heavy atom. The molecule has 0 bridgehead atoms. The van der Waals surface area contributed by atoms with E-state index in [0.717, 1.165) is 11.5 Å². The summed E-state index contributed by atoms with van der Waals surface area (Å²) in [5, 5.41) is 10.2. The number of nitrogens with zero attached hydrogens (tertiary/aromatic N) is 2. The van der Waals surface area contributed by atoms with Crippen LogP contribution in [0.3, 0.4) is 0 Å². The van der Waals surface area contributed by atoms with Crippen molar-refractivity contribution in [1.82, 2.24) is 4.37 Å². The first-order valence-electron chi connectivity index (χ1n) is 5.87. The standard InChI is InChI=1S/C11H19N3O2S/c1-16-7-5-14(4-6-15)11-9(8-2-3-8)10(12)13-17-11/h8,15H,2-7H2,1H3,(H2,12,13). The van der Waals surface area contributed by atoms with E-state index in [1.807, 2.05) is 0 Å². The second-order valence-corrected chi connectivity index (χ2v) is 5.02. The molecule has 96 valence electrons. The summed E-state index contributed by atoms with van der Waals surface area (Å²) in [5.74, 6) is 1.24. The van der Waals surface area contributed by atoms with Crippen molar-refractivity contribution in [3.8, 4) is 0 Å². The predicted octanol–water partition coefficient (Wildman–Crippen LogP) is 1.05. The van der Waals surface area contributed by atoms with E-state index in [2.05, 4.69) is 9.27 Å². The summed E-state index contributed by atoms with van der Waals surface area (Å²) in [6, 6.07) is 0. The van der Waals surface area contributed by atoms with E-state index >= 15 is 0 Å². The number of methoxy groups -OCH3 is 1. The molecule has 0 amide bonds. The van der Waals surface area contributed by atoms with Gasteiger partial charge in [-0.3, -0.25) is 0 Å². The van der Waals surface area contributed by atoms with Gasteiger partial charge in [0.1, 0.15) is 10.8 Å². The molecule has 1 aliphatic carbocycles. The molecular formula is C11H19N3O2S. The molecule has 1 aromatic heterocycles. The fourth-order valence-electron chi connectivity index (χ4n) is 1.92. The number of aromatic nitrogens is 1. The zero-order chi connectivity index (χ0) is 12.3. The number of hydrogen-bond donors (Lipinski definition) is 2. The minimum absolute atomic E-state index is 0.131. The number of nitrogens with two attached hydrogens (primary N) is 1. The Morgan fingerprint density at radius 2 is 2.29 bits per heavy atom. The van der Waals surface area contributed by atoms with Crippen LogP contribution in [0.4, 0.5) is 10.8 Å². The van der Waals surface area contributed by atoms with Gasteiger partial charge in [-0.05, 0) is 30.3 Å². The number of rotatable bonds is 7. The summed E-state index contributed by atoms with van der Waals surface area (Å²) in [5.41, 5.74) is 7.10. The number of aliphatic hydroxyl groups is 1. The molecule has 17 heavy (non-hydrogen) atoms. The number of aliphatic hydroxyl groups excluding tert-OH is 1. The Morgan fingerprint density at radius 3 is 2.88 bits per heavy atom. The molecule has 5 nitrogen and oxygen atoms in total. The van der Waals surface area contributed by atoms with Crippen molar-refractivity contribution < 1.29 is 9.84 Å². The maximum absolute atomic E-state index is 9.12. The van der Waals surface area contributed by atoms with Crippen LogP contribution in [-0.2, 0) is 4.74 Å². The zero-order valence-corrected chi connectivity index (χ0v) is 10.9. The number of ether oxygens (including phenoxy) is 1. The average Bonchev–Trinajstić information content (AvgIpc) is 3.08. The van der Waals surface area contributed by atoms with Gasteiger partial charge < -0.3 is 20.5 Å². The molecule has 0 aromatic carbocycles. The van der Waals surface area contributed by atoms with Crippen molar-refractivity contribution in [2.24, 2.45) is 0 Å². The van der Waals surface area contributed by atoms with Gasteiger partial charge in [0.05, 0.1) is 13.2 Å². The lowest BCUT2D eigenvalue weighted by Gasteiger charge is -2.22. The van der Waals surface area contributed by atoms with E-state index < -0.39 is 0 Å². The van der Waals surface area contributed by atoms with E-state index in [1.165, 1.54) is 29.9 Å². The van der Waals surface area contributed by atoms with E-state index in [4.69, 9.17) is 15.6 Å². The Hall–Kier alpha value is -0.850. The minimum atomic E-state index is 0.131. The topological polar surface area (TPSA) is 71.6 Å². The summed E-state index contributed by atoms with van der Waals surface area (Å²) in [7, 11) is 1.68. The van der Waals surface area contributed by atoms with Crippen LogP contribution < -0.4 is 10.6 Å². The van der Waals surface area contributed by atoms with Crippen LogP contribution in [0.5, 0.6) is 0 Å². The van der Waals surface area contributed by atoms with Crippen molar-refractivity contribution in [1.29, 1.82) is 0 Å². The van der Waals surface area contributed by atoms with Gasteiger partial charge in [0, 0.05) is 25.8 Å². The van der Waals surface area contributed by atoms with Crippen LogP contribution in [0.1, 0.15) is 24.3 Å². The Balaban J connectivity index is 2.16. The molecule has 1 heterocycles. The first-order chi connectivity index (χ1) is 8.27. The van der Waals surface area contributed by atoms with Gasteiger partial charge in [-0.25, -0.2) is 0 Å². The Kier molecular flexibility index (Phi) is 4.20. The molecule has 2 rings (SSSR count). The maximum Gasteiger partial charge on any atom is 0.142 e. The number of anilines is 2. The van der Waals surface area contributed by atoms with E-state index in [-0.39, 0.29) is 6.61 Å². The highest BCUT2D eigenvalue weighted by Crippen LogP contribution is 2.48. The number of hydrogen-bond acceptors (Lipinski definition) is 6. The van der Waals surface area contributed by atoms with E-state index in [9.17, 15) is 0 Å². The van der Waals surface area contributed by atoms with Gasteiger partial charge in [0.15, 0.2) is 0 Å². The molecule has 1 saturated carbocycles. The van der Waals surface area contributed by atoms with Gasteiger partial charge in [0.2, 0.25) is 0 Å². The minimum Gasteiger partial charge on any atom is -0.395 e. The van der Waals surface area contributed by atoms with Crippen LogP contribution in [0.25, 0.3) is 0 Å². The lowest BCUT2D eigenvalue weighted by molar-refractivity contribution is 0.203. The van der Waals surface area contributed by atoms with Gasteiger partial charge in [0.25, 0.3) is 0 Å². The molecule has 0 saturated heterocycles. The highest BCUT2D eigenvalue weighted by atomic mass is 32.1. The fraction of sp³-hybridized carbons (Fsp3) is 0.727. The highest BCUT2D eigenvalue weighted by molar-refractivity contribution is 7.10. The summed E-state index contributed by atoms with van der Waals surface area (Å²) in [4.78, 5) is 2.12. The largest absolute Gasteiger partial charge is 0.395 e. The normalized spacial score (nSPS) is 15.2. The smallest absolute Gasteiger partial charge is 0.142 e. The molecule has 1 aromatic rings. The number of nitrogen functional groups attached to an aromatic ring is 1. The van der Waals surface area contributed by atoms with Crippen molar-refractivity contribution >= 4 is 22.4 Å². The molecule has 0 atom stereocenters. The molecule has 0 aliphatic heterocycles. The van der Waals surface area contributed by atoms with Gasteiger partial charge in [-0.2, -0.15) is 4.37 Å². The summed E-state index contributed by atoms with van der Waals surface area (Å²) >= 11 is 1.43. The maximum atomic E-state index is 9.12. The average molecular weight is 257 g/mol. The fourth-order valence-corrected chi connectivity index (χ4v) is 2.87. The van der Waals surface area contributed by atoms with Crippen molar-refractivity contribution in [2.45, 2.75) is 18.8 Å². The highest BCUT2D eigenvalue weighted by Gasteiger charge is 2.32.